The number of nitrogens with zero attached hydrogens (tertiary/aromatic N) is 5. The smallest absolute Gasteiger partial charge is 0.255 e. The number of hydrogen-bond donors (Lipinski definition) is 0. The van der Waals surface area contributed by atoms with Crippen molar-refractivity contribution in [2.45, 2.75) is 25.8 Å². The highest BCUT2D eigenvalue weighted by molar-refractivity contribution is 6.33. The Morgan fingerprint density at radius 2 is 1.82 bits per heavy atom. The zero-order chi connectivity index (χ0) is 19.3. The Labute approximate surface area is 171 Å². The quantitative estimate of drug-likeness (QED) is 0.790. The maximum absolute atomic E-state index is 12.7. The summed E-state index contributed by atoms with van der Waals surface area (Å²) in [4.78, 5) is 27.9. The zero-order valence-corrected chi connectivity index (χ0v) is 16.8. The number of amides is 1. The van der Waals surface area contributed by atoms with Crippen LogP contribution in [-0.2, 0) is 6.54 Å². The van der Waals surface area contributed by atoms with Crippen molar-refractivity contribution in [3.8, 4) is 0 Å². The number of anilines is 1. The number of halogens is 1. The number of carbonyl (C=O) groups excluding carboxylic acids is 1. The summed E-state index contributed by atoms with van der Waals surface area (Å²) < 4.78 is 0. The van der Waals surface area contributed by atoms with Crippen LogP contribution in [0.1, 0.15) is 35.2 Å². The molecule has 0 spiro atoms. The molecule has 2 aromatic rings. The molecular formula is C21H26ClN5O. The summed E-state index contributed by atoms with van der Waals surface area (Å²) in [5.74, 6) is 0.819. The van der Waals surface area contributed by atoms with E-state index in [9.17, 15) is 4.79 Å². The molecule has 0 saturated carbocycles. The molecular weight excluding hydrogens is 374 g/mol. The molecule has 4 rings (SSSR count). The number of carbonyl (C=O) groups is 1. The van der Waals surface area contributed by atoms with Crippen molar-refractivity contribution in [3.05, 3.63) is 52.9 Å². The summed E-state index contributed by atoms with van der Waals surface area (Å²) in [6.45, 7) is 6.20. The van der Waals surface area contributed by atoms with Gasteiger partial charge in [-0.3, -0.25) is 14.7 Å². The molecule has 7 heteroatoms. The van der Waals surface area contributed by atoms with Gasteiger partial charge in [-0.15, -0.1) is 0 Å². The average molecular weight is 400 g/mol. The molecule has 0 aromatic carbocycles. The maximum Gasteiger partial charge on any atom is 0.255 e. The molecule has 0 radical (unpaired) electrons. The second kappa shape index (κ2) is 8.88. The molecule has 0 aliphatic carbocycles. The molecule has 0 unspecified atom stereocenters. The van der Waals surface area contributed by atoms with E-state index in [0.29, 0.717) is 10.6 Å². The summed E-state index contributed by atoms with van der Waals surface area (Å²) in [5.41, 5.74) is 1.82. The Bertz CT molecular complexity index is 802. The minimum atomic E-state index is 0.0435. The van der Waals surface area contributed by atoms with Crippen molar-refractivity contribution >= 4 is 23.3 Å². The van der Waals surface area contributed by atoms with Gasteiger partial charge in [-0.25, -0.2) is 4.98 Å². The van der Waals surface area contributed by atoms with Crippen LogP contribution in [0.5, 0.6) is 0 Å². The van der Waals surface area contributed by atoms with Crippen LogP contribution >= 0.6 is 11.6 Å². The lowest BCUT2D eigenvalue weighted by atomic mass is 10.1. The Hall–Kier alpha value is -2.18. The van der Waals surface area contributed by atoms with Gasteiger partial charge >= 0.3 is 0 Å². The van der Waals surface area contributed by atoms with Gasteiger partial charge in [-0.05, 0) is 37.0 Å². The van der Waals surface area contributed by atoms with Gasteiger partial charge in [0.15, 0.2) is 0 Å². The summed E-state index contributed by atoms with van der Waals surface area (Å²) in [6, 6.07) is 5.86. The van der Waals surface area contributed by atoms with Crippen LogP contribution in [-0.4, -0.2) is 64.9 Å². The lowest BCUT2D eigenvalue weighted by molar-refractivity contribution is 0.0724. The Kier molecular flexibility index (Phi) is 6.07. The lowest BCUT2D eigenvalue weighted by Gasteiger charge is -2.35. The highest BCUT2D eigenvalue weighted by Gasteiger charge is 2.23. The first kappa shape index (κ1) is 19.2. The van der Waals surface area contributed by atoms with Gasteiger partial charge in [0.25, 0.3) is 5.91 Å². The molecule has 2 aliphatic rings. The fourth-order valence-electron chi connectivity index (χ4n) is 3.93. The van der Waals surface area contributed by atoms with Crippen molar-refractivity contribution in [2.24, 2.45) is 0 Å². The number of hydrogen-bond acceptors (Lipinski definition) is 5. The molecule has 6 nitrogen and oxygen atoms in total. The third kappa shape index (κ3) is 4.45. The lowest BCUT2D eigenvalue weighted by Crippen LogP contribution is -2.46. The Morgan fingerprint density at radius 3 is 2.50 bits per heavy atom. The van der Waals surface area contributed by atoms with Crippen molar-refractivity contribution in [1.29, 1.82) is 0 Å². The summed E-state index contributed by atoms with van der Waals surface area (Å²) in [6.07, 6.45) is 8.76. The van der Waals surface area contributed by atoms with Crippen LogP contribution in [0.4, 0.5) is 5.82 Å². The minimum absolute atomic E-state index is 0.0435. The summed E-state index contributed by atoms with van der Waals surface area (Å²) >= 11 is 6.52. The van der Waals surface area contributed by atoms with E-state index in [-0.39, 0.29) is 5.91 Å². The predicted molar refractivity (Wildman–Crippen MR) is 111 cm³/mol. The van der Waals surface area contributed by atoms with Gasteiger partial charge in [0.05, 0.1) is 10.6 Å². The number of piperazine rings is 1. The predicted octanol–water partition coefficient (Wildman–Crippen LogP) is 3.08. The van der Waals surface area contributed by atoms with E-state index in [1.54, 1.807) is 18.5 Å². The van der Waals surface area contributed by atoms with Crippen molar-refractivity contribution in [1.82, 2.24) is 19.8 Å². The second-order valence-corrected chi connectivity index (χ2v) is 7.91. The Morgan fingerprint density at radius 1 is 1.04 bits per heavy atom. The summed E-state index contributed by atoms with van der Waals surface area (Å²) in [5, 5.41) is 0.559. The first-order chi connectivity index (χ1) is 13.7. The third-order valence-corrected chi connectivity index (χ3v) is 5.79. The minimum Gasteiger partial charge on any atom is -0.353 e. The van der Waals surface area contributed by atoms with Gasteiger partial charge in [-0.2, -0.15) is 0 Å². The number of aromatic nitrogens is 2. The molecule has 0 N–H and O–H groups in total. The van der Waals surface area contributed by atoms with Gasteiger partial charge in [-0.1, -0.05) is 17.7 Å². The highest BCUT2D eigenvalue weighted by Crippen LogP contribution is 2.26. The van der Waals surface area contributed by atoms with E-state index in [1.807, 2.05) is 17.2 Å². The van der Waals surface area contributed by atoms with Crippen molar-refractivity contribution < 1.29 is 4.79 Å². The van der Waals surface area contributed by atoms with Gasteiger partial charge in [0.2, 0.25) is 0 Å². The number of pyridine rings is 2. The fraction of sp³-hybridized carbons (Fsp3) is 0.476. The van der Waals surface area contributed by atoms with Crippen LogP contribution in [0, 0.1) is 0 Å². The molecule has 2 aliphatic heterocycles. The van der Waals surface area contributed by atoms with Crippen LogP contribution in [0.3, 0.4) is 0 Å². The average Bonchev–Trinajstić information content (AvgIpc) is 2.75. The first-order valence-corrected chi connectivity index (χ1v) is 10.4. The van der Waals surface area contributed by atoms with Gasteiger partial charge in [0, 0.05) is 64.4 Å². The molecule has 1 amide bonds. The van der Waals surface area contributed by atoms with E-state index < -0.39 is 0 Å². The second-order valence-electron chi connectivity index (χ2n) is 7.51. The van der Waals surface area contributed by atoms with Crippen LogP contribution in [0.2, 0.25) is 5.02 Å². The molecule has 0 bridgehead atoms. The van der Waals surface area contributed by atoms with E-state index in [0.717, 1.165) is 64.5 Å². The standard InChI is InChI=1S/C21H26ClN5O/c22-19-13-18(21(28)27-7-2-1-3-8-27)15-24-20(19)26-11-9-25(10-12-26)16-17-5-4-6-23-14-17/h4-6,13-15H,1-3,7-12,16H2. The van der Waals surface area contributed by atoms with E-state index >= 15 is 0 Å². The molecule has 28 heavy (non-hydrogen) atoms. The van der Waals surface area contributed by atoms with Crippen LogP contribution < -0.4 is 4.90 Å². The van der Waals surface area contributed by atoms with Gasteiger partial charge < -0.3 is 9.80 Å². The number of piperidine rings is 1. The topological polar surface area (TPSA) is 52.6 Å². The number of rotatable bonds is 4. The number of likely N-dealkylation sites (tertiary alicyclic amines) is 1. The van der Waals surface area contributed by atoms with Crippen LogP contribution in [0.15, 0.2) is 36.8 Å². The van der Waals surface area contributed by atoms with E-state index in [2.05, 4.69) is 25.8 Å². The molecule has 148 valence electrons. The maximum atomic E-state index is 12.7. The molecule has 0 atom stereocenters. The molecule has 2 aromatic heterocycles. The van der Waals surface area contributed by atoms with E-state index in [4.69, 9.17) is 11.6 Å². The largest absolute Gasteiger partial charge is 0.353 e. The third-order valence-electron chi connectivity index (χ3n) is 5.51. The van der Waals surface area contributed by atoms with Crippen LogP contribution in [0.25, 0.3) is 0 Å². The first-order valence-electron chi connectivity index (χ1n) is 10.0. The zero-order valence-electron chi connectivity index (χ0n) is 16.1. The normalized spacial score (nSPS) is 18.3. The fourth-order valence-corrected chi connectivity index (χ4v) is 4.21. The SMILES string of the molecule is O=C(c1cnc(N2CCN(Cc3cccnc3)CC2)c(Cl)c1)N1CCCCC1. The summed E-state index contributed by atoms with van der Waals surface area (Å²) in [7, 11) is 0. The monoisotopic (exact) mass is 399 g/mol. The molecule has 2 saturated heterocycles. The van der Waals surface area contributed by atoms with E-state index in [1.165, 1.54) is 12.0 Å². The van der Waals surface area contributed by atoms with Gasteiger partial charge in [0.1, 0.15) is 5.82 Å². The van der Waals surface area contributed by atoms with Crippen molar-refractivity contribution in [2.75, 3.05) is 44.2 Å². The molecule has 2 fully saturated rings. The molecule has 4 heterocycles. The Balaban J connectivity index is 1.36. The van der Waals surface area contributed by atoms with Crippen molar-refractivity contribution in [3.63, 3.8) is 0 Å². The highest BCUT2D eigenvalue weighted by atomic mass is 35.5.